The first-order valence-electron chi connectivity index (χ1n) is 8.57. The summed E-state index contributed by atoms with van der Waals surface area (Å²) in [5, 5.41) is 3.45. The van der Waals surface area contributed by atoms with Gasteiger partial charge in [-0.05, 0) is 32.0 Å². The van der Waals surface area contributed by atoms with Gasteiger partial charge in [0.15, 0.2) is 0 Å². The SMILES string of the molecule is C[N+](C)(C)CCCCCCCCCCCCNC[SiH3]. The van der Waals surface area contributed by atoms with E-state index in [4.69, 9.17) is 0 Å². The van der Waals surface area contributed by atoms with Crippen molar-refractivity contribution in [2.45, 2.75) is 64.2 Å². The predicted molar refractivity (Wildman–Crippen MR) is 91.9 cm³/mol. The summed E-state index contributed by atoms with van der Waals surface area (Å²) in [7, 11) is 8.16. The zero-order valence-corrected chi connectivity index (χ0v) is 16.1. The summed E-state index contributed by atoms with van der Waals surface area (Å²) in [4.78, 5) is 0. The Bertz CT molecular complexity index is 178. The van der Waals surface area contributed by atoms with E-state index < -0.39 is 0 Å². The maximum atomic E-state index is 3.45. The van der Waals surface area contributed by atoms with E-state index in [2.05, 4.69) is 26.5 Å². The van der Waals surface area contributed by atoms with Gasteiger partial charge in [0.05, 0.1) is 27.7 Å². The normalized spacial score (nSPS) is 12.2. The highest BCUT2D eigenvalue weighted by atomic mass is 28.1. The van der Waals surface area contributed by atoms with Crippen molar-refractivity contribution < 1.29 is 4.48 Å². The average Bonchev–Trinajstić information content (AvgIpc) is 2.34. The van der Waals surface area contributed by atoms with E-state index in [0.29, 0.717) is 0 Å². The van der Waals surface area contributed by atoms with Crippen molar-refractivity contribution in [1.82, 2.24) is 5.32 Å². The van der Waals surface area contributed by atoms with E-state index >= 15 is 0 Å². The van der Waals surface area contributed by atoms with E-state index in [0.717, 1.165) is 4.48 Å². The lowest BCUT2D eigenvalue weighted by molar-refractivity contribution is -0.870. The fraction of sp³-hybridized carbons (Fsp3) is 1.00. The number of hydrogen-bond acceptors (Lipinski definition) is 1. The highest BCUT2D eigenvalue weighted by Crippen LogP contribution is 2.11. The van der Waals surface area contributed by atoms with Crippen LogP contribution in [0.2, 0.25) is 0 Å². The third-order valence-corrected chi connectivity index (χ3v) is 4.18. The summed E-state index contributed by atoms with van der Waals surface area (Å²) < 4.78 is 1.12. The molecule has 116 valence electrons. The van der Waals surface area contributed by atoms with Crippen LogP contribution in [0, 0.1) is 0 Å². The lowest BCUT2D eigenvalue weighted by Gasteiger charge is -2.23. The second-order valence-corrected chi connectivity index (χ2v) is 7.61. The molecule has 0 saturated heterocycles. The van der Waals surface area contributed by atoms with Crippen molar-refractivity contribution in [1.29, 1.82) is 0 Å². The lowest BCUT2D eigenvalue weighted by atomic mass is 10.1. The van der Waals surface area contributed by atoms with Crippen LogP contribution < -0.4 is 5.32 Å². The van der Waals surface area contributed by atoms with Crippen LogP contribution in [0.4, 0.5) is 0 Å². The van der Waals surface area contributed by atoms with Gasteiger partial charge in [-0.25, -0.2) is 0 Å². The highest BCUT2D eigenvalue weighted by molar-refractivity contribution is 6.08. The Labute approximate surface area is 125 Å². The summed E-state index contributed by atoms with van der Waals surface area (Å²) in [5.41, 5.74) is 0. The monoisotopic (exact) mass is 287 g/mol. The molecule has 0 heterocycles. The molecule has 0 radical (unpaired) electrons. The molecule has 0 aromatic rings. The molecule has 2 nitrogen and oxygen atoms in total. The minimum Gasteiger partial charge on any atom is -0.331 e. The fourth-order valence-corrected chi connectivity index (χ4v) is 2.78. The van der Waals surface area contributed by atoms with Crippen LogP contribution in [0.25, 0.3) is 0 Å². The third-order valence-electron chi connectivity index (χ3n) is 3.68. The topological polar surface area (TPSA) is 12.0 Å². The molecular weight excluding hydrogens is 248 g/mol. The van der Waals surface area contributed by atoms with Crippen molar-refractivity contribution >= 4 is 10.2 Å². The first-order chi connectivity index (χ1) is 9.06. The molecule has 0 unspecified atom stereocenters. The second-order valence-electron chi connectivity index (χ2n) is 6.90. The first kappa shape index (κ1) is 19.1. The van der Waals surface area contributed by atoms with Gasteiger partial charge >= 0.3 is 0 Å². The van der Waals surface area contributed by atoms with Gasteiger partial charge in [0.25, 0.3) is 0 Å². The van der Waals surface area contributed by atoms with Crippen molar-refractivity contribution in [3.63, 3.8) is 0 Å². The van der Waals surface area contributed by atoms with Crippen molar-refractivity contribution in [3.8, 4) is 0 Å². The highest BCUT2D eigenvalue weighted by Gasteiger charge is 2.04. The molecule has 0 rings (SSSR count). The van der Waals surface area contributed by atoms with Gasteiger partial charge in [0, 0.05) is 10.2 Å². The molecular formula is C16H39N2Si+. The zero-order chi connectivity index (χ0) is 14.4. The molecule has 0 saturated carbocycles. The van der Waals surface area contributed by atoms with E-state index in [1.54, 1.807) is 0 Å². The molecule has 0 bridgehead atoms. The number of hydrogen-bond donors (Lipinski definition) is 1. The summed E-state index contributed by atoms with van der Waals surface area (Å²) in [6.45, 7) is 2.57. The van der Waals surface area contributed by atoms with E-state index in [9.17, 15) is 0 Å². The minimum atomic E-state index is 1.12. The molecule has 0 aromatic heterocycles. The van der Waals surface area contributed by atoms with Crippen molar-refractivity contribution in [3.05, 3.63) is 0 Å². The Kier molecular flexibility index (Phi) is 13.2. The van der Waals surface area contributed by atoms with Crippen LogP contribution >= 0.6 is 0 Å². The van der Waals surface area contributed by atoms with Crippen LogP contribution in [0.1, 0.15) is 64.2 Å². The third kappa shape index (κ3) is 18.1. The molecule has 0 atom stereocenters. The summed E-state index contributed by atoms with van der Waals surface area (Å²) in [5.74, 6) is 0. The maximum absolute atomic E-state index is 3.45. The van der Waals surface area contributed by atoms with Crippen LogP contribution in [0.15, 0.2) is 0 Å². The second kappa shape index (κ2) is 13.1. The standard InChI is InChI=1S/C16H39N2Si/c1-18(2,3)15-13-11-9-7-5-4-6-8-10-12-14-17-16-19/h17H,4-16H2,1-3,19H3/q+1. The quantitative estimate of drug-likeness (QED) is 0.294. The van der Waals surface area contributed by atoms with Crippen LogP contribution in [0.5, 0.6) is 0 Å². The number of unbranched alkanes of at least 4 members (excludes halogenated alkanes) is 9. The van der Waals surface area contributed by atoms with Crippen molar-refractivity contribution in [2.24, 2.45) is 0 Å². The molecule has 0 aliphatic rings. The first-order valence-corrected chi connectivity index (χ1v) is 9.99. The Morgan fingerprint density at radius 1 is 0.684 bits per heavy atom. The maximum Gasteiger partial charge on any atom is 0.0780 e. The molecule has 19 heavy (non-hydrogen) atoms. The van der Waals surface area contributed by atoms with Gasteiger partial charge in [-0.1, -0.05) is 44.9 Å². The van der Waals surface area contributed by atoms with Gasteiger partial charge in [0.2, 0.25) is 0 Å². The molecule has 0 spiro atoms. The van der Waals surface area contributed by atoms with Gasteiger partial charge in [-0.15, -0.1) is 0 Å². The summed E-state index contributed by atoms with van der Waals surface area (Å²) >= 11 is 0. The zero-order valence-electron chi connectivity index (χ0n) is 14.1. The predicted octanol–water partition coefficient (Wildman–Crippen LogP) is 2.51. The van der Waals surface area contributed by atoms with Crippen LogP contribution in [0.3, 0.4) is 0 Å². The lowest BCUT2D eigenvalue weighted by Crippen LogP contribution is -2.35. The smallest absolute Gasteiger partial charge is 0.0780 e. The Hall–Kier alpha value is 0.137. The van der Waals surface area contributed by atoms with E-state index in [1.165, 1.54) is 93.7 Å². The average molecular weight is 288 g/mol. The Balaban J connectivity index is 2.99. The molecule has 1 N–H and O–H groups in total. The Morgan fingerprint density at radius 2 is 1.11 bits per heavy atom. The van der Waals surface area contributed by atoms with Crippen LogP contribution in [-0.2, 0) is 0 Å². The van der Waals surface area contributed by atoms with Gasteiger partial charge in [-0.2, -0.15) is 0 Å². The molecule has 0 aromatic carbocycles. The van der Waals surface area contributed by atoms with Gasteiger partial charge < -0.3 is 9.80 Å². The van der Waals surface area contributed by atoms with Crippen molar-refractivity contribution in [2.75, 3.05) is 40.4 Å². The molecule has 0 fully saturated rings. The molecule has 0 amide bonds. The Morgan fingerprint density at radius 3 is 1.53 bits per heavy atom. The number of quaternary nitrogens is 1. The summed E-state index contributed by atoms with van der Waals surface area (Å²) in [6.07, 6.45) is 15.6. The number of nitrogens with zero attached hydrogens (tertiary/aromatic N) is 1. The number of rotatable bonds is 14. The fourth-order valence-electron chi connectivity index (χ4n) is 2.43. The van der Waals surface area contributed by atoms with Gasteiger partial charge in [0.1, 0.15) is 0 Å². The largest absolute Gasteiger partial charge is 0.331 e. The van der Waals surface area contributed by atoms with Crippen LogP contribution in [-0.4, -0.2) is 55.1 Å². The number of nitrogens with one attached hydrogen (secondary N) is 1. The molecule has 0 aliphatic carbocycles. The van der Waals surface area contributed by atoms with Gasteiger partial charge in [-0.3, -0.25) is 0 Å². The molecule has 0 aliphatic heterocycles. The van der Waals surface area contributed by atoms with E-state index in [-0.39, 0.29) is 0 Å². The van der Waals surface area contributed by atoms with E-state index in [1.807, 2.05) is 0 Å². The molecule has 3 heteroatoms. The summed E-state index contributed by atoms with van der Waals surface area (Å²) in [6, 6.07) is 0. The minimum absolute atomic E-state index is 1.12.